The second-order valence-corrected chi connectivity index (χ2v) is 6.22. The van der Waals surface area contributed by atoms with Crippen LogP contribution in [0.5, 0.6) is 0 Å². The van der Waals surface area contributed by atoms with E-state index in [2.05, 4.69) is 0 Å². The molecule has 1 aliphatic heterocycles. The lowest BCUT2D eigenvalue weighted by Crippen LogP contribution is -2.41. The third-order valence-electron chi connectivity index (χ3n) is 4.45. The highest BCUT2D eigenvalue weighted by atomic mass is 19.1. The number of hydrogen-bond acceptors (Lipinski definition) is 2. The van der Waals surface area contributed by atoms with E-state index in [9.17, 15) is 4.39 Å². The van der Waals surface area contributed by atoms with Crippen molar-refractivity contribution in [1.29, 1.82) is 0 Å². The zero-order chi connectivity index (χ0) is 13.8. The average Bonchev–Trinajstić information content (AvgIpc) is 2.84. The van der Waals surface area contributed by atoms with Gasteiger partial charge in [0.15, 0.2) is 0 Å². The molecule has 2 nitrogen and oxygen atoms in total. The van der Waals surface area contributed by atoms with Crippen LogP contribution in [-0.2, 0) is 15.7 Å². The van der Waals surface area contributed by atoms with Crippen LogP contribution in [0.25, 0.3) is 6.08 Å². The second kappa shape index (κ2) is 3.93. The second-order valence-electron chi connectivity index (χ2n) is 6.22. The highest BCUT2D eigenvalue weighted by molar-refractivity contribution is 6.63. The Hall–Kier alpha value is -1.13. The van der Waals surface area contributed by atoms with Gasteiger partial charge in [-0.05, 0) is 56.8 Å². The van der Waals surface area contributed by atoms with Crippen LogP contribution in [0.15, 0.2) is 18.2 Å². The van der Waals surface area contributed by atoms with E-state index in [0.717, 1.165) is 16.6 Å². The van der Waals surface area contributed by atoms with Gasteiger partial charge in [0.2, 0.25) is 0 Å². The lowest BCUT2D eigenvalue weighted by Gasteiger charge is -2.32. The van der Waals surface area contributed by atoms with E-state index in [0.29, 0.717) is 6.42 Å². The number of benzene rings is 1. The minimum Gasteiger partial charge on any atom is -0.399 e. The SMILES string of the molecule is CC1(C)OB(c2ccc(F)c3c2C=CC3)OC1(C)C. The molecule has 0 amide bonds. The molecule has 0 aromatic heterocycles. The summed E-state index contributed by atoms with van der Waals surface area (Å²) in [5.41, 5.74) is 1.83. The molecule has 1 aromatic carbocycles. The van der Waals surface area contributed by atoms with Gasteiger partial charge in [-0.15, -0.1) is 0 Å². The van der Waals surface area contributed by atoms with Gasteiger partial charge in [0, 0.05) is 0 Å². The first-order valence-electron chi connectivity index (χ1n) is 6.65. The predicted octanol–water partition coefficient (Wildman–Crippen LogP) is 2.69. The van der Waals surface area contributed by atoms with Crippen molar-refractivity contribution < 1.29 is 13.7 Å². The summed E-state index contributed by atoms with van der Waals surface area (Å²) in [6.45, 7) is 8.08. The fourth-order valence-corrected chi connectivity index (χ4v) is 2.53. The average molecular weight is 260 g/mol. The van der Waals surface area contributed by atoms with Crippen LogP contribution in [0.1, 0.15) is 38.8 Å². The Morgan fingerprint density at radius 1 is 1.11 bits per heavy atom. The summed E-state index contributed by atoms with van der Waals surface area (Å²) in [7, 11) is -0.429. The lowest BCUT2D eigenvalue weighted by atomic mass is 9.75. The molecule has 0 unspecified atom stereocenters. The molecular weight excluding hydrogens is 242 g/mol. The van der Waals surface area contributed by atoms with Gasteiger partial charge in [-0.25, -0.2) is 4.39 Å². The summed E-state index contributed by atoms with van der Waals surface area (Å²) in [5.74, 6) is -0.153. The molecule has 1 fully saturated rings. The number of fused-ring (bicyclic) bond motifs is 1. The molecule has 1 aliphatic carbocycles. The number of allylic oxidation sites excluding steroid dienone is 1. The quantitative estimate of drug-likeness (QED) is 0.723. The molecule has 0 spiro atoms. The Kier molecular flexibility index (Phi) is 2.67. The first kappa shape index (κ1) is 12.9. The summed E-state index contributed by atoms with van der Waals surface area (Å²) in [5, 5.41) is 0. The molecule has 19 heavy (non-hydrogen) atoms. The van der Waals surface area contributed by atoms with E-state index in [1.807, 2.05) is 39.8 Å². The molecule has 2 aliphatic rings. The van der Waals surface area contributed by atoms with Crippen LogP contribution in [0.2, 0.25) is 0 Å². The van der Waals surface area contributed by atoms with Crippen molar-refractivity contribution in [2.75, 3.05) is 0 Å². The fourth-order valence-electron chi connectivity index (χ4n) is 2.53. The van der Waals surface area contributed by atoms with E-state index >= 15 is 0 Å². The standard InChI is InChI=1S/C15H18BFO2/c1-14(2)15(3,4)19-16(18-14)12-8-9-13(17)11-7-5-6-10(11)12/h5-6,8-9H,7H2,1-4H3. The van der Waals surface area contributed by atoms with Gasteiger partial charge in [0.05, 0.1) is 11.2 Å². The van der Waals surface area contributed by atoms with Crippen LogP contribution in [-0.4, -0.2) is 18.3 Å². The minimum atomic E-state index is -0.429. The molecule has 1 saturated heterocycles. The summed E-state index contributed by atoms with van der Waals surface area (Å²) in [6.07, 6.45) is 4.58. The van der Waals surface area contributed by atoms with Gasteiger partial charge in [-0.1, -0.05) is 18.2 Å². The van der Waals surface area contributed by atoms with Crippen molar-refractivity contribution in [3.63, 3.8) is 0 Å². The zero-order valence-corrected chi connectivity index (χ0v) is 11.8. The maximum atomic E-state index is 13.7. The maximum Gasteiger partial charge on any atom is 0.495 e. The summed E-state index contributed by atoms with van der Waals surface area (Å²) in [4.78, 5) is 0. The van der Waals surface area contributed by atoms with Crippen molar-refractivity contribution in [3.8, 4) is 0 Å². The monoisotopic (exact) mass is 260 g/mol. The van der Waals surface area contributed by atoms with Gasteiger partial charge in [-0.2, -0.15) is 0 Å². The van der Waals surface area contributed by atoms with Gasteiger partial charge in [0.1, 0.15) is 5.82 Å². The van der Waals surface area contributed by atoms with Crippen molar-refractivity contribution in [3.05, 3.63) is 35.2 Å². The highest BCUT2D eigenvalue weighted by Gasteiger charge is 2.52. The summed E-state index contributed by atoms with van der Waals surface area (Å²) < 4.78 is 25.8. The fraction of sp³-hybridized carbons (Fsp3) is 0.467. The summed E-state index contributed by atoms with van der Waals surface area (Å²) in [6, 6.07) is 3.28. The Morgan fingerprint density at radius 2 is 1.74 bits per heavy atom. The molecule has 0 bridgehead atoms. The number of halogens is 1. The van der Waals surface area contributed by atoms with Gasteiger partial charge >= 0.3 is 7.12 Å². The van der Waals surface area contributed by atoms with E-state index in [4.69, 9.17) is 9.31 Å². The van der Waals surface area contributed by atoms with Crippen molar-refractivity contribution in [2.45, 2.75) is 45.3 Å². The third kappa shape index (κ3) is 1.85. The molecule has 100 valence electrons. The third-order valence-corrected chi connectivity index (χ3v) is 4.45. The van der Waals surface area contributed by atoms with Gasteiger partial charge in [-0.3, -0.25) is 0 Å². The molecule has 1 aromatic rings. The predicted molar refractivity (Wildman–Crippen MR) is 74.9 cm³/mol. The normalized spacial score (nSPS) is 22.9. The molecule has 1 heterocycles. The molecule has 0 saturated carbocycles. The number of hydrogen-bond donors (Lipinski definition) is 0. The molecule has 0 N–H and O–H groups in total. The topological polar surface area (TPSA) is 18.5 Å². The largest absolute Gasteiger partial charge is 0.495 e. The van der Waals surface area contributed by atoms with Crippen LogP contribution in [0.4, 0.5) is 4.39 Å². The Labute approximate surface area is 113 Å². The molecule has 3 rings (SSSR count). The van der Waals surface area contributed by atoms with Crippen LogP contribution >= 0.6 is 0 Å². The van der Waals surface area contributed by atoms with Crippen LogP contribution in [0, 0.1) is 5.82 Å². The van der Waals surface area contributed by atoms with E-state index in [1.165, 1.54) is 6.07 Å². The van der Waals surface area contributed by atoms with E-state index in [-0.39, 0.29) is 17.0 Å². The zero-order valence-electron chi connectivity index (χ0n) is 11.8. The van der Waals surface area contributed by atoms with E-state index < -0.39 is 7.12 Å². The van der Waals surface area contributed by atoms with Crippen molar-refractivity contribution in [1.82, 2.24) is 0 Å². The first-order chi connectivity index (χ1) is 8.82. The molecule has 0 radical (unpaired) electrons. The Morgan fingerprint density at radius 3 is 2.37 bits per heavy atom. The molecular formula is C15H18BFO2. The van der Waals surface area contributed by atoms with Crippen LogP contribution in [0.3, 0.4) is 0 Å². The Balaban J connectivity index is 2.02. The Bertz CT molecular complexity index is 548. The minimum absolute atomic E-state index is 0.153. The van der Waals surface area contributed by atoms with Crippen LogP contribution < -0.4 is 5.46 Å². The molecule has 4 heteroatoms. The van der Waals surface area contributed by atoms with Gasteiger partial charge in [0.25, 0.3) is 0 Å². The summed E-state index contributed by atoms with van der Waals surface area (Å²) >= 11 is 0. The van der Waals surface area contributed by atoms with Crippen molar-refractivity contribution in [2.24, 2.45) is 0 Å². The highest BCUT2D eigenvalue weighted by Crippen LogP contribution is 2.37. The van der Waals surface area contributed by atoms with Gasteiger partial charge < -0.3 is 9.31 Å². The molecule has 0 atom stereocenters. The maximum absolute atomic E-state index is 13.7. The van der Waals surface area contributed by atoms with E-state index in [1.54, 1.807) is 6.07 Å². The van der Waals surface area contributed by atoms with Crippen molar-refractivity contribution >= 4 is 18.7 Å². The lowest BCUT2D eigenvalue weighted by molar-refractivity contribution is 0.00578. The first-order valence-corrected chi connectivity index (χ1v) is 6.65. The number of rotatable bonds is 1. The smallest absolute Gasteiger partial charge is 0.399 e.